The smallest absolute Gasteiger partial charge is 0.148 e. The Balaban J connectivity index is 2.30. The van der Waals surface area contributed by atoms with Gasteiger partial charge in [-0.05, 0) is 13.8 Å². The molecule has 1 heterocycles. The molecule has 0 aromatic heterocycles. The molecule has 0 amide bonds. The molecule has 0 spiro atoms. The van der Waals surface area contributed by atoms with Crippen molar-refractivity contribution in [2.75, 3.05) is 0 Å². The first-order chi connectivity index (χ1) is 5.24. The van der Waals surface area contributed by atoms with E-state index in [1.165, 1.54) is 0 Å². The molecule has 0 radical (unpaired) electrons. The van der Waals surface area contributed by atoms with Crippen LogP contribution in [0.1, 0.15) is 13.8 Å². The Morgan fingerprint density at radius 3 is 2.91 bits per heavy atom. The second kappa shape index (κ2) is 3.56. The number of hydrogen-bond acceptors (Lipinski definition) is 2. The summed E-state index contributed by atoms with van der Waals surface area (Å²) in [6, 6.07) is 0. The third kappa shape index (κ3) is 2.75. The first kappa shape index (κ1) is 8.32. The molecule has 1 saturated heterocycles. The van der Waals surface area contributed by atoms with Crippen LogP contribution in [-0.4, -0.2) is 23.4 Å². The molecular formula is C9H12O2. The van der Waals surface area contributed by atoms with Crippen LogP contribution in [0.3, 0.4) is 0 Å². The minimum absolute atomic E-state index is 0.0146. The summed E-state index contributed by atoms with van der Waals surface area (Å²) in [6.45, 7) is 3.58. The quantitative estimate of drug-likeness (QED) is 0.341. The molecule has 1 rings (SSSR count). The molecule has 1 fully saturated rings. The predicted molar refractivity (Wildman–Crippen MR) is 42.9 cm³/mol. The standard InChI is InChI=1S/C9H12O2/c1-3-4-8-9(11-8)6-5-7(2)10/h3-4,7-10H,1-2H3/b4-3+. The summed E-state index contributed by atoms with van der Waals surface area (Å²) in [4.78, 5) is 0. The van der Waals surface area contributed by atoms with Crippen molar-refractivity contribution in [1.82, 2.24) is 0 Å². The van der Waals surface area contributed by atoms with Crippen molar-refractivity contribution in [1.29, 1.82) is 0 Å². The zero-order valence-electron chi connectivity index (χ0n) is 6.74. The first-order valence-electron chi connectivity index (χ1n) is 3.71. The summed E-state index contributed by atoms with van der Waals surface area (Å²) in [5, 5.41) is 8.80. The van der Waals surface area contributed by atoms with Gasteiger partial charge in [-0.15, -0.1) is 0 Å². The summed E-state index contributed by atoms with van der Waals surface area (Å²) in [5.74, 6) is 5.46. The molecule has 1 aliphatic rings. The Hall–Kier alpha value is -0.780. The monoisotopic (exact) mass is 152 g/mol. The van der Waals surface area contributed by atoms with E-state index in [4.69, 9.17) is 9.84 Å². The van der Waals surface area contributed by atoms with Crippen LogP contribution in [0.15, 0.2) is 12.2 Å². The number of aliphatic hydroxyl groups is 1. The number of ether oxygens (including phenoxy) is 1. The maximum absolute atomic E-state index is 8.80. The Kier molecular flexibility index (Phi) is 2.70. The fourth-order valence-corrected chi connectivity index (χ4v) is 0.779. The summed E-state index contributed by atoms with van der Waals surface area (Å²) in [5.41, 5.74) is 0. The van der Waals surface area contributed by atoms with Crippen LogP contribution in [-0.2, 0) is 4.74 Å². The Morgan fingerprint density at radius 2 is 2.36 bits per heavy atom. The molecule has 0 bridgehead atoms. The number of allylic oxidation sites excluding steroid dienone is 1. The van der Waals surface area contributed by atoms with Gasteiger partial charge in [0.15, 0.2) is 0 Å². The van der Waals surface area contributed by atoms with Gasteiger partial charge in [0.25, 0.3) is 0 Å². The van der Waals surface area contributed by atoms with Gasteiger partial charge >= 0.3 is 0 Å². The normalized spacial score (nSPS) is 31.2. The predicted octanol–water partition coefficient (Wildman–Crippen LogP) is 0.714. The van der Waals surface area contributed by atoms with E-state index in [1.54, 1.807) is 6.92 Å². The third-order valence-corrected chi connectivity index (χ3v) is 1.34. The van der Waals surface area contributed by atoms with Gasteiger partial charge in [0.05, 0.1) is 0 Å². The summed E-state index contributed by atoms with van der Waals surface area (Å²) in [7, 11) is 0. The highest BCUT2D eigenvalue weighted by Crippen LogP contribution is 2.21. The fraction of sp³-hybridized carbons (Fsp3) is 0.556. The van der Waals surface area contributed by atoms with Crippen molar-refractivity contribution in [2.24, 2.45) is 0 Å². The molecule has 0 aliphatic carbocycles. The zero-order chi connectivity index (χ0) is 8.27. The van der Waals surface area contributed by atoms with Crippen LogP contribution in [0.25, 0.3) is 0 Å². The molecule has 1 N–H and O–H groups in total. The van der Waals surface area contributed by atoms with Crippen LogP contribution in [0, 0.1) is 11.8 Å². The molecule has 60 valence electrons. The lowest BCUT2D eigenvalue weighted by molar-refractivity contribution is 0.253. The molecule has 3 atom stereocenters. The van der Waals surface area contributed by atoms with Gasteiger partial charge in [-0.3, -0.25) is 0 Å². The number of epoxide rings is 1. The highest BCUT2D eigenvalue weighted by Gasteiger charge is 2.34. The van der Waals surface area contributed by atoms with Gasteiger partial charge in [0, 0.05) is 0 Å². The average molecular weight is 152 g/mol. The summed E-state index contributed by atoms with van der Waals surface area (Å²) < 4.78 is 5.14. The molecule has 0 saturated carbocycles. The lowest BCUT2D eigenvalue weighted by atomic mass is 10.3. The Morgan fingerprint density at radius 1 is 1.64 bits per heavy atom. The fourth-order valence-electron chi connectivity index (χ4n) is 0.779. The molecule has 0 aromatic carbocycles. The van der Waals surface area contributed by atoms with Crippen LogP contribution >= 0.6 is 0 Å². The van der Waals surface area contributed by atoms with Crippen LogP contribution < -0.4 is 0 Å². The zero-order valence-corrected chi connectivity index (χ0v) is 6.74. The van der Waals surface area contributed by atoms with Crippen molar-refractivity contribution >= 4 is 0 Å². The molecule has 2 nitrogen and oxygen atoms in total. The van der Waals surface area contributed by atoms with E-state index in [2.05, 4.69) is 11.8 Å². The van der Waals surface area contributed by atoms with Gasteiger partial charge in [0.2, 0.25) is 0 Å². The molecule has 1 aliphatic heterocycles. The first-order valence-corrected chi connectivity index (χ1v) is 3.71. The highest BCUT2D eigenvalue weighted by atomic mass is 16.6. The van der Waals surface area contributed by atoms with E-state index < -0.39 is 6.10 Å². The van der Waals surface area contributed by atoms with Crippen molar-refractivity contribution in [3.8, 4) is 11.8 Å². The lowest BCUT2D eigenvalue weighted by Gasteiger charge is -1.84. The van der Waals surface area contributed by atoms with E-state index in [0.29, 0.717) is 0 Å². The second-order valence-corrected chi connectivity index (χ2v) is 2.51. The molecule has 2 heteroatoms. The summed E-state index contributed by atoms with van der Waals surface area (Å²) >= 11 is 0. The van der Waals surface area contributed by atoms with Crippen molar-refractivity contribution in [3.63, 3.8) is 0 Å². The van der Waals surface area contributed by atoms with Crippen molar-refractivity contribution in [3.05, 3.63) is 12.2 Å². The van der Waals surface area contributed by atoms with Gasteiger partial charge < -0.3 is 9.84 Å². The van der Waals surface area contributed by atoms with Gasteiger partial charge in [-0.25, -0.2) is 0 Å². The van der Waals surface area contributed by atoms with Gasteiger partial charge in [-0.1, -0.05) is 24.0 Å². The number of hydrogen-bond donors (Lipinski definition) is 1. The van der Waals surface area contributed by atoms with Crippen LogP contribution in [0.2, 0.25) is 0 Å². The number of aliphatic hydroxyl groups excluding tert-OH is 1. The number of rotatable bonds is 1. The third-order valence-electron chi connectivity index (χ3n) is 1.34. The molecular weight excluding hydrogens is 140 g/mol. The van der Waals surface area contributed by atoms with Gasteiger partial charge in [-0.2, -0.15) is 0 Å². The molecule has 0 aromatic rings. The maximum Gasteiger partial charge on any atom is 0.148 e. The minimum atomic E-state index is -0.551. The van der Waals surface area contributed by atoms with E-state index in [-0.39, 0.29) is 12.2 Å². The van der Waals surface area contributed by atoms with Crippen molar-refractivity contribution in [2.45, 2.75) is 32.2 Å². The van der Waals surface area contributed by atoms with E-state index in [1.807, 2.05) is 19.1 Å². The van der Waals surface area contributed by atoms with E-state index in [9.17, 15) is 0 Å². The Labute approximate surface area is 66.9 Å². The topological polar surface area (TPSA) is 32.8 Å². The largest absolute Gasteiger partial charge is 0.381 e. The van der Waals surface area contributed by atoms with E-state index >= 15 is 0 Å². The lowest BCUT2D eigenvalue weighted by Crippen LogP contribution is -1.94. The highest BCUT2D eigenvalue weighted by molar-refractivity contribution is 5.20. The molecule has 3 unspecified atom stereocenters. The van der Waals surface area contributed by atoms with Crippen molar-refractivity contribution < 1.29 is 9.84 Å². The SMILES string of the molecule is C/C=C/C1OC1C#CC(C)O. The van der Waals surface area contributed by atoms with Gasteiger partial charge in [0.1, 0.15) is 18.3 Å². The van der Waals surface area contributed by atoms with E-state index in [0.717, 1.165) is 0 Å². The second-order valence-electron chi connectivity index (χ2n) is 2.51. The minimum Gasteiger partial charge on any atom is -0.381 e. The maximum atomic E-state index is 8.80. The Bertz CT molecular complexity index is 207. The molecule has 11 heavy (non-hydrogen) atoms. The van der Waals surface area contributed by atoms with Crippen LogP contribution in [0.4, 0.5) is 0 Å². The van der Waals surface area contributed by atoms with Crippen LogP contribution in [0.5, 0.6) is 0 Å². The summed E-state index contributed by atoms with van der Waals surface area (Å²) in [6.07, 6.45) is 3.52. The average Bonchev–Trinajstić information content (AvgIpc) is 2.64.